The molecule has 2 aromatic heterocycles. The second-order valence-corrected chi connectivity index (χ2v) is 6.08. The van der Waals surface area contributed by atoms with E-state index in [1.165, 1.54) is 10.9 Å². The molecule has 0 unspecified atom stereocenters. The standard InChI is InChI=1S/C19H19N5/c1-13(2)24-12-14(15-7-3-6-10-18(15)24)11-20-23-19-21-16-8-4-5-9-17(16)22-19/h3-13H,1-2H3,(H2,21,22,23). The number of fused-ring (bicyclic) bond motifs is 2. The van der Waals surface area contributed by atoms with E-state index in [1.54, 1.807) is 0 Å². The SMILES string of the molecule is CC(C)n1cc(C=NNc2nc3ccccc3[nH]2)c2ccccc21. The first-order valence-electron chi connectivity index (χ1n) is 8.06. The summed E-state index contributed by atoms with van der Waals surface area (Å²) in [5, 5.41) is 5.54. The van der Waals surface area contributed by atoms with Gasteiger partial charge in [-0.1, -0.05) is 30.3 Å². The lowest BCUT2D eigenvalue weighted by Gasteiger charge is -2.08. The zero-order valence-electron chi connectivity index (χ0n) is 13.7. The van der Waals surface area contributed by atoms with Crippen molar-refractivity contribution < 1.29 is 0 Å². The molecule has 5 nitrogen and oxygen atoms in total. The zero-order chi connectivity index (χ0) is 16.5. The van der Waals surface area contributed by atoms with Crippen LogP contribution in [-0.4, -0.2) is 20.7 Å². The second kappa shape index (κ2) is 5.85. The van der Waals surface area contributed by atoms with Gasteiger partial charge in [-0.25, -0.2) is 10.4 Å². The van der Waals surface area contributed by atoms with E-state index in [9.17, 15) is 0 Å². The van der Waals surface area contributed by atoms with Gasteiger partial charge in [-0.2, -0.15) is 5.10 Å². The number of aromatic nitrogens is 3. The first-order valence-corrected chi connectivity index (χ1v) is 8.06. The van der Waals surface area contributed by atoms with E-state index in [2.05, 4.69) is 69.4 Å². The Bertz CT molecular complexity index is 990. The zero-order valence-corrected chi connectivity index (χ0v) is 13.7. The molecule has 0 atom stereocenters. The van der Waals surface area contributed by atoms with Gasteiger partial charge in [-0.05, 0) is 32.0 Å². The minimum atomic E-state index is 0.403. The molecule has 0 saturated carbocycles. The van der Waals surface area contributed by atoms with Crippen molar-refractivity contribution in [2.45, 2.75) is 19.9 Å². The Hall–Kier alpha value is -3.08. The van der Waals surface area contributed by atoms with Gasteiger partial charge in [-0.3, -0.25) is 0 Å². The molecule has 4 aromatic rings. The summed E-state index contributed by atoms with van der Waals surface area (Å²) in [7, 11) is 0. The lowest BCUT2D eigenvalue weighted by molar-refractivity contribution is 0.623. The van der Waals surface area contributed by atoms with Crippen LogP contribution in [0.25, 0.3) is 21.9 Å². The Morgan fingerprint density at radius 2 is 1.92 bits per heavy atom. The number of hydrogen-bond donors (Lipinski definition) is 2. The summed E-state index contributed by atoms with van der Waals surface area (Å²) in [4.78, 5) is 7.66. The first kappa shape index (κ1) is 14.5. The highest BCUT2D eigenvalue weighted by atomic mass is 15.3. The predicted molar refractivity (Wildman–Crippen MR) is 99.6 cm³/mol. The number of H-pyrrole nitrogens is 1. The number of anilines is 1. The third-order valence-corrected chi connectivity index (χ3v) is 4.09. The Labute approximate surface area is 140 Å². The fourth-order valence-electron chi connectivity index (χ4n) is 2.93. The second-order valence-electron chi connectivity index (χ2n) is 6.08. The molecule has 0 aliphatic heterocycles. The molecule has 120 valence electrons. The van der Waals surface area contributed by atoms with E-state index in [-0.39, 0.29) is 0 Å². The Kier molecular flexibility index (Phi) is 3.54. The summed E-state index contributed by atoms with van der Waals surface area (Å²) in [5.74, 6) is 0.639. The van der Waals surface area contributed by atoms with Crippen LogP contribution in [0.3, 0.4) is 0 Å². The summed E-state index contributed by atoms with van der Waals surface area (Å²) in [6.45, 7) is 4.36. The van der Waals surface area contributed by atoms with Gasteiger partial charge in [0.25, 0.3) is 0 Å². The van der Waals surface area contributed by atoms with Crippen LogP contribution in [-0.2, 0) is 0 Å². The van der Waals surface area contributed by atoms with E-state index >= 15 is 0 Å². The number of aromatic amines is 1. The molecule has 4 rings (SSSR count). The minimum Gasteiger partial charge on any atom is -0.344 e. The molecule has 2 N–H and O–H groups in total. The highest BCUT2D eigenvalue weighted by molar-refractivity contribution is 5.99. The van der Waals surface area contributed by atoms with Gasteiger partial charge in [0.1, 0.15) is 0 Å². The highest BCUT2D eigenvalue weighted by Crippen LogP contribution is 2.23. The van der Waals surface area contributed by atoms with Crippen molar-refractivity contribution in [3.05, 3.63) is 60.3 Å². The molecule has 2 heterocycles. The number of rotatable bonds is 4. The molecule has 5 heteroatoms. The van der Waals surface area contributed by atoms with Gasteiger partial charge in [0.2, 0.25) is 5.95 Å². The Balaban J connectivity index is 1.63. The number of nitrogens with zero attached hydrogens (tertiary/aromatic N) is 3. The molecule has 0 amide bonds. The molecule has 0 saturated heterocycles. The van der Waals surface area contributed by atoms with Gasteiger partial charge in [-0.15, -0.1) is 0 Å². The van der Waals surface area contributed by atoms with Crippen LogP contribution < -0.4 is 5.43 Å². The van der Waals surface area contributed by atoms with E-state index in [1.807, 2.05) is 30.5 Å². The predicted octanol–water partition coefficient (Wildman–Crippen LogP) is 4.54. The highest BCUT2D eigenvalue weighted by Gasteiger charge is 2.08. The van der Waals surface area contributed by atoms with E-state index < -0.39 is 0 Å². The van der Waals surface area contributed by atoms with E-state index in [0.717, 1.165) is 16.6 Å². The molecular formula is C19H19N5. The van der Waals surface area contributed by atoms with Crippen LogP contribution in [0.4, 0.5) is 5.95 Å². The molecule has 0 aliphatic rings. The van der Waals surface area contributed by atoms with Gasteiger partial charge >= 0.3 is 0 Å². The van der Waals surface area contributed by atoms with Gasteiger partial charge in [0, 0.05) is 28.7 Å². The Morgan fingerprint density at radius 3 is 2.75 bits per heavy atom. The quantitative estimate of drug-likeness (QED) is 0.429. The van der Waals surface area contributed by atoms with Crippen molar-refractivity contribution in [3.63, 3.8) is 0 Å². The maximum atomic E-state index is 4.45. The summed E-state index contributed by atoms with van der Waals surface area (Å²) < 4.78 is 2.26. The van der Waals surface area contributed by atoms with Crippen molar-refractivity contribution in [2.75, 3.05) is 5.43 Å². The number of nitrogens with one attached hydrogen (secondary N) is 2. The lowest BCUT2D eigenvalue weighted by Crippen LogP contribution is -1.97. The van der Waals surface area contributed by atoms with Crippen LogP contribution in [0.1, 0.15) is 25.5 Å². The number of imidazole rings is 1. The van der Waals surface area contributed by atoms with Crippen molar-refractivity contribution in [1.82, 2.24) is 14.5 Å². The van der Waals surface area contributed by atoms with Crippen molar-refractivity contribution in [3.8, 4) is 0 Å². The Morgan fingerprint density at radius 1 is 1.12 bits per heavy atom. The summed E-state index contributed by atoms with van der Waals surface area (Å²) in [5.41, 5.74) is 7.20. The van der Waals surface area contributed by atoms with Crippen LogP contribution in [0.5, 0.6) is 0 Å². The molecule has 0 bridgehead atoms. The molecule has 24 heavy (non-hydrogen) atoms. The topological polar surface area (TPSA) is 58.0 Å². The average Bonchev–Trinajstić information content (AvgIpc) is 3.16. The molecule has 0 aliphatic carbocycles. The maximum absolute atomic E-state index is 4.45. The van der Waals surface area contributed by atoms with Crippen LogP contribution >= 0.6 is 0 Å². The smallest absolute Gasteiger partial charge is 0.222 e. The van der Waals surface area contributed by atoms with Crippen LogP contribution in [0, 0.1) is 0 Å². The lowest BCUT2D eigenvalue weighted by atomic mass is 10.2. The third kappa shape index (κ3) is 2.54. The van der Waals surface area contributed by atoms with Gasteiger partial charge in [0.15, 0.2) is 0 Å². The number of benzene rings is 2. The third-order valence-electron chi connectivity index (χ3n) is 4.09. The first-order chi connectivity index (χ1) is 11.7. The minimum absolute atomic E-state index is 0.403. The molecule has 0 radical (unpaired) electrons. The van der Waals surface area contributed by atoms with E-state index in [0.29, 0.717) is 12.0 Å². The van der Waals surface area contributed by atoms with Crippen molar-refractivity contribution >= 4 is 34.1 Å². The van der Waals surface area contributed by atoms with Crippen LogP contribution in [0.15, 0.2) is 59.8 Å². The molecule has 0 spiro atoms. The van der Waals surface area contributed by atoms with Gasteiger partial charge < -0.3 is 9.55 Å². The molecular weight excluding hydrogens is 298 g/mol. The number of hydrazone groups is 1. The fraction of sp³-hybridized carbons (Fsp3) is 0.158. The average molecular weight is 317 g/mol. The summed E-state index contributed by atoms with van der Waals surface area (Å²) >= 11 is 0. The van der Waals surface area contributed by atoms with Crippen molar-refractivity contribution in [2.24, 2.45) is 5.10 Å². The maximum Gasteiger partial charge on any atom is 0.222 e. The molecule has 0 fully saturated rings. The number of hydrogen-bond acceptors (Lipinski definition) is 3. The van der Waals surface area contributed by atoms with Crippen LogP contribution in [0.2, 0.25) is 0 Å². The molecule has 2 aromatic carbocycles. The van der Waals surface area contributed by atoms with Gasteiger partial charge in [0.05, 0.1) is 17.2 Å². The van der Waals surface area contributed by atoms with Crippen molar-refractivity contribution in [1.29, 1.82) is 0 Å². The largest absolute Gasteiger partial charge is 0.344 e. The number of para-hydroxylation sites is 3. The fourth-order valence-corrected chi connectivity index (χ4v) is 2.93. The normalized spacial score (nSPS) is 12.0. The summed E-state index contributed by atoms with van der Waals surface area (Å²) in [6, 6.07) is 16.7. The monoisotopic (exact) mass is 317 g/mol. The van der Waals surface area contributed by atoms with E-state index in [4.69, 9.17) is 0 Å². The summed E-state index contributed by atoms with van der Waals surface area (Å²) in [6.07, 6.45) is 3.98.